The molecule has 1 aliphatic carbocycles. The summed E-state index contributed by atoms with van der Waals surface area (Å²) in [5.74, 6) is -0.556. The molecule has 2 heterocycles. The zero-order chi connectivity index (χ0) is 15.0. The van der Waals surface area contributed by atoms with E-state index in [1.807, 2.05) is 4.90 Å². The zero-order valence-corrected chi connectivity index (χ0v) is 12.2. The van der Waals surface area contributed by atoms with Crippen LogP contribution < -0.4 is 4.90 Å². The summed E-state index contributed by atoms with van der Waals surface area (Å²) < 4.78 is 0. The van der Waals surface area contributed by atoms with E-state index in [0.717, 1.165) is 45.2 Å². The number of nitrogens with zero attached hydrogens (tertiary/aromatic N) is 3. The van der Waals surface area contributed by atoms with E-state index in [2.05, 4.69) is 9.97 Å². The number of aliphatic hydroxyl groups is 1. The Morgan fingerprint density at radius 2 is 2.14 bits per heavy atom. The second-order valence-corrected chi connectivity index (χ2v) is 6.30. The van der Waals surface area contributed by atoms with E-state index in [0.29, 0.717) is 11.6 Å². The van der Waals surface area contributed by atoms with Gasteiger partial charge >= 0.3 is 5.97 Å². The monoisotopic (exact) mass is 291 g/mol. The van der Waals surface area contributed by atoms with E-state index in [1.165, 1.54) is 6.07 Å². The number of carboxylic acid groups (broad SMARTS) is 1. The Morgan fingerprint density at radius 1 is 1.38 bits per heavy atom. The largest absolute Gasteiger partial charge is 0.477 e. The lowest BCUT2D eigenvalue weighted by Crippen LogP contribution is -2.48. The number of aryl methyl sites for hydroxylation is 1. The van der Waals surface area contributed by atoms with Crippen molar-refractivity contribution in [3.05, 3.63) is 17.5 Å². The number of anilines is 1. The molecule has 1 saturated heterocycles. The number of hydrogen-bond acceptors (Lipinski definition) is 5. The van der Waals surface area contributed by atoms with Crippen LogP contribution in [0.4, 0.5) is 5.95 Å². The topological polar surface area (TPSA) is 86.5 Å². The van der Waals surface area contributed by atoms with Crippen molar-refractivity contribution in [3.8, 4) is 0 Å². The van der Waals surface area contributed by atoms with Crippen LogP contribution in [0.2, 0.25) is 0 Å². The van der Waals surface area contributed by atoms with E-state index in [4.69, 9.17) is 5.11 Å². The Labute approximate surface area is 123 Å². The standard InChI is InChI=1S/C15H21N3O3/c1-10-8-11(13(20)21)17-14(16-10)18-7-3-6-15(9-18)5-2-4-12(15)19/h8,12,19H,2-7,9H2,1H3,(H,20,21)/t12-,15-/m1/s1. The van der Waals surface area contributed by atoms with Crippen LogP contribution in [0.1, 0.15) is 48.3 Å². The van der Waals surface area contributed by atoms with Gasteiger partial charge in [-0.2, -0.15) is 0 Å². The van der Waals surface area contributed by atoms with Crippen LogP contribution in [-0.2, 0) is 0 Å². The van der Waals surface area contributed by atoms with Gasteiger partial charge in [0.1, 0.15) is 0 Å². The molecule has 2 fully saturated rings. The van der Waals surface area contributed by atoms with E-state index in [-0.39, 0.29) is 17.2 Å². The average Bonchev–Trinajstić information content (AvgIpc) is 2.79. The van der Waals surface area contributed by atoms with Crippen LogP contribution in [0, 0.1) is 12.3 Å². The second-order valence-electron chi connectivity index (χ2n) is 6.30. The summed E-state index contributed by atoms with van der Waals surface area (Å²) in [5.41, 5.74) is 0.627. The Morgan fingerprint density at radius 3 is 2.81 bits per heavy atom. The fraction of sp³-hybridized carbons (Fsp3) is 0.667. The summed E-state index contributed by atoms with van der Waals surface area (Å²) in [6, 6.07) is 1.48. The molecule has 0 unspecified atom stereocenters. The molecule has 1 saturated carbocycles. The van der Waals surface area contributed by atoms with Crippen LogP contribution in [0.5, 0.6) is 0 Å². The first kappa shape index (κ1) is 14.3. The molecular weight excluding hydrogens is 270 g/mol. The van der Waals surface area contributed by atoms with E-state index < -0.39 is 5.97 Å². The molecule has 0 bridgehead atoms. The lowest BCUT2D eigenvalue weighted by Gasteiger charge is -2.42. The van der Waals surface area contributed by atoms with Gasteiger partial charge in [-0.05, 0) is 38.7 Å². The van der Waals surface area contributed by atoms with Gasteiger partial charge in [-0.15, -0.1) is 0 Å². The first-order valence-electron chi connectivity index (χ1n) is 7.52. The molecule has 6 heteroatoms. The second kappa shape index (κ2) is 5.26. The van der Waals surface area contributed by atoms with Gasteiger partial charge in [-0.1, -0.05) is 6.42 Å². The lowest BCUT2D eigenvalue weighted by molar-refractivity contribution is 0.0405. The predicted octanol–water partition coefficient (Wildman–Crippen LogP) is 1.61. The van der Waals surface area contributed by atoms with E-state index in [9.17, 15) is 9.90 Å². The summed E-state index contributed by atoms with van der Waals surface area (Å²) in [5, 5.41) is 19.4. The highest BCUT2D eigenvalue weighted by molar-refractivity contribution is 5.85. The molecular formula is C15H21N3O3. The molecule has 0 radical (unpaired) electrons. The Hall–Kier alpha value is -1.69. The minimum atomic E-state index is -1.03. The highest BCUT2D eigenvalue weighted by atomic mass is 16.4. The van der Waals surface area contributed by atoms with Crippen molar-refractivity contribution in [1.82, 2.24) is 9.97 Å². The van der Waals surface area contributed by atoms with Crippen LogP contribution >= 0.6 is 0 Å². The van der Waals surface area contributed by atoms with Crippen molar-refractivity contribution in [2.75, 3.05) is 18.0 Å². The number of aliphatic hydroxyl groups excluding tert-OH is 1. The average molecular weight is 291 g/mol. The molecule has 0 aromatic carbocycles. The van der Waals surface area contributed by atoms with E-state index in [1.54, 1.807) is 6.92 Å². The van der Waals surface area contributed by atoms with Gasteiger partial charge in [0.25, 0.3) is 0 Å². The number of carbonyl (C=O) groups is 1. The first-order chi connectivity index (χ1) is 10.00. The van der Waals surface area contributed by atoms with Crippen LogP contribution in [0.3, 0.4) is 0 Å². The maximum atomic E-state index is 11.1. The fourth-order valence-electron chi connectivity index (χ4n) is 3.73. The van der Waals surface area contributed by atoms with Crippen molar-refractivity contribution in [3.63, 3.8) is 0 Å². The smallest absolute Gasteiger partial charge is 0.354 e. The summed E-state index contributed by atoms with van der Waals surface area (Å²) in [6.45, 7) is 3.31. The Balaban J connectivity index is 1.88. The number of hydrogen-bond donors (Lipinski definition) is 2. The molecule has 1 aliphatic heterocycles. The third-order valence-electron chi connectivity index (χ3n) is 4.81. The fourth-order valence-corrected chi connectivity index (χ4v) is 3.73. The summed E-state index contributed by atoms with van der Waals surface area (Å²) in [7, 11) is 0. The molecule has 0 amide bonds. The Bertz CT molecular complexity index is 563. The summed E-state index contributed by atoms with van der Waals surface area (Å²) in [6.07, 6.45) is 4.71. The number of piperidine rings is 1. The van der Waals surface area contributed by atoms with Gasteiger partial charge in [0, 0.05) is 24.2 Å². The van der Waals surface area contributed by atoms with Gasteiger partial charge in [-0.3, -0.25) is 0 Å². The molecule has 2 N–H and O–H groups in total. The SMILES string of the molecule is Cc1cc(C(=O)O)nc(N2CCC[C@]3(CCC[C@H]3O)C2)n1. The molecule has 6 nitrogen and oxygen atoms in total. The van der Waals surface area contributed by atoms with Crippen molar-refractivity contribution < 1.29 is 15.0 Å². The normalized spacial score (nSPS) is 29.0. The van der Waals surface area contributed by atoms with Gasteiger partial charge in [-0.25, -0.2) is 14.8 Å². The number of aromatic carboxylic acids is 1. The van der Waals surface area contributed by atoms with Crippen molar-refractivity contribution >= 4 is 11.9 Å². The van der Waals surface area contributed by atoms with Gasteiger partial charge < -0.3 is 15.1 Å². The molecule has 114 valence electrons. The molecule has 3 rings (SSSR count). The molecule has 1 aromatic rings. The van der Waals surface area contributed by atoms with Gasteiger partial charge in [0.2, 0.25) is 5.95 Å². The van der Waals surface area contributed by atoms with Crippen molar-refractivity contribution in [1.29, 1.82) is 0 Å². The van der Waals surface area contributed by atoms with Crippen LogP contribution in [0.25, 0.3) is 0 Å². The quantitative estimate of drug-likeness (QED) is 0.861. The van der Waals surface area contributed by atoms with Gasteiger partial charge in [0.15, 0.2) is 5.69 Å². The molecule has 2 aliphatic rings. The third kappa shape index (κ3) is 2.60. The highest BCUT2D eigenvalue weighted by Crippen LogP contribution is 2.45. The number of rotatable bonds is 2. The van der Waals surface area contributed by atoms with Crippen LogP contribution in [-0.4, -0.2) is 45.3 Å². The lowest BCUT2D eigenvalue weighted by atomic mass is 9.77. The van der Waals surface area contributed by atoms with Crippen LogP contribution in [0.15, 0.2) is 6.07 Å². The minimum absolute atomic E-state index is 0.0316. The highest BCUT2D eigenvalue weighted by Gasteiger charge is 2.45. The number of aromatic nitrogens is 2. The maximum Gasteiger partial charge on any atom is 0.354 e. The first-order valence-corrected chi connectivity index (χ1v) is 7.52. The van der Waals surface area contributed by atoms with Crippen molar-refractivity contribution in [2.24, 2.45) is 5.41 Å². The molecule has 2 atom stereocenters. The summed E-state index contributed by atoms with van der Waals surface area (Å²) >= 11 is 0. The summed E-state index contributed by atoms with van der Waals surface area (Å²) in [4.78, 5) is 21.7. The predicted molar refractivity (Wildman–Crippen MR) is 77.5 cm³/mol. The Kier molecular flexibility index (Phi) is 3.57. The molecule has 21 heavy (non-hydrogen) atoms. The third-order valence-corrected chi connectivity index (χ3v) is 4.81. The minimum Gasteiger partial charge on any atom is -0.477 e. The molecule has 1 spiro atoms. The van der Waals surface area contributed by atoms with Crippen molar-refractivity contribution in [2.45, 2.75) is 45.1 Å². The van der Waals surface area contributed by atoms with E-state index >= 15 is 0 Å². The maximum absolute atomic E-state index is 11.1. The van der Waals surface area contributed by atoms with Gasteiger partial charge in [0.05, 0.1) is 6.10 Å². The molecule has 1 aromatic heterocycles. The zero-order valence-electron chi connectivity index (χ0n) is 12.2. The number of carboxylic acids is 1.